The minimum Gasteiger partial charge on any atom is -0.391 e. The normalized spacial score (nSPS) is 14.9. The Balaban J connectivity index is 2.70. The number of rotatable bonds is 5. The lowest BCUT2D eigenvalue weighted by Crippen LogP contribution is -2.25. The maximum atomic E-state index is 9.63. The van der Waals surface area contributed by atoms with Crippen LogP contribution in [-0.2, 0) is 6.42 Å². The molecule has 3 N–H and O–H groups in total. The van der Waals surface area contributed by atoms with E-state index in [2.05, 4.69) is 31.2 Å². The van der Waals surface area contributed by atoms with Crippen LogP contribution in [0.5, 0.6) is 0 Å². The van der Waals surface area contributed by atoms with E-state index in [-0.39, 0.29) is 5.92 Å². The molecule has 2 heteroatoms. The van der Waals surface area contributed by atoms with Crippen LogP contribution in [0.25, 0.3) is 0 Å². The maximum Gasteiger partial charge on any atom is 0.0728 e. The molecule has 84 valence electrons. The third-order valence-corrected chi connectivity index (χ3v) is 2.86. The first-order valence-electron chi connectivity index (χ1n) is 5.66. The zero-order valence-electron chi connectivity index (χ0n) is 9.61. The van der Waals surface area contributed by atoms with Gasteiger partial charge < -0.3 is 10.8 Å². The number of hydrogen-bond donors (Lipinski definition) is 2. The standard InChI is InChI=1S/C13H21NO/c1-3-4-11-5-7-12(8-6-11)10(2)13(15)9-14/h5-8,10,13,15H,3-4,9,14H2,1-2H3. The summed E-state index contributed by atoms with van der Waals surface area (Å²) in [7, 11) is 0. The minimum atomic E-state index is -0.443. The van der Waals surface area contributed by atoms with Gasteiger partial charge in [-0.3, -0.25) is 0 Å². The van der Waals surface area contributed by atoms with Crippen LogP contribution in [0.4, 0.5) is 0 Å². The first-order chi connectivity index (χ1) is 7.19. The molecule has 0 saturated heterocycles. The van der Waals surface area contributed by atoms with Gasteiger partial charge in [0.1, 0.15) is 0 Å². The van der Waals surface area contributed by atoms with E-state index in [9.17, 15) is 5.11 Å². The average molecular weight is 207 g/mol. The van der Waals surface area contributed by atoms with Crippen LogP contribution in [0.15, 0.2) is 24.3 Å². The second kappa shape index (κ2) is 5.89. The van der Waals surface area contributed by atoms with E-state index in [4.69, 9.17) is 5.73 Å². The SMILES string of the molecule is CCCc1ccc(C(C)C(O)CN)cc1. The Morgan fingerprint density at radius 3 is 2.33 bits per heavy atom. The number of aryl methyl sites for hydroxylation is 1. The molecule has 1 aromatic rings. The average Bonchev–Trinajstić information content (AvgIpc) is 2.28. The zero-order chi connectivity index (χ0) is 11.3. The van der Waals surface area contributed by atoms with Gasteiger partial charge in [-0.15, -0.1) is 0 Å². The molecular formula is C13H21NO. The Morgan fingerprint density at radius 1 is 1.27 bits per heavy atom. The Kier molecular flexibility index (Phi) is 4.79. The van der Waals surface area contributed by atoms with Crippen LogP contribution in [0.2, 0.25) is 0 Å². The summed E-state index contributed by atoms with van der Waals surface area (Å²) < 4.78 is 0. The van der Waals surface area contributed by atoms with Gasteiger partial charge in [-0.2, -0.15) is 0 Å². The third-order valence-electron chi connectivity index (χ3n) is 2.86. The number of aliphatic hydroxyl groups is 1. The van der Waals surface area contributed by atoms with Crippen LogP contribution >= 0.6 is 0 Å². The van der Waals surface area contributed by atoms with Crippen molar-refractivity contribution < 1.29 is 5.11 Å². The van der Waals surface area contributed by atoms with E-state index in [1.54, 1.807) is 0 Å². The molecule has 1 rings (SSSR count). The molecule has 1 aromatic carbocycles. The lowest BCUT2D eigenvalue weighted by molar-refractivity contribution is 0.157. The lowest BCUT2D eigenvalue weighted by atomic mass is 9.94. The highest BCUT2D eigenvalue weighted by Gasteiger charge is 2.13. The monoisotopic (exact) mass is 207 g/mol. The van der Waals surface area contributed by atoms with E-state index in [1.807, 2.05) is 6.92 Å². The predicted molar refractivity (Wildman–Crippen MR) is 63.9 cm³/mol. The molecule has 2 atom stereocenters. The van der Waals surface area contributed by atoms with Crippen molar-refractivity contribution in [1.82, 2.24) is 0 Å². The largest absolute Gasteiger partial charge is 0.391 e. The van der Waals surface area contributed by atoms with Gasteiger partial charge in [0.2, 0.25) is 0 Å². The summed E-state index contributed by atoms with van der Waals surface area (Å²) in [5.74, 6) is 0.116. The molecule has 0 aromatic heterocycles. The van der Waals surface area contributed by atoms with E-state index in [0.29, 0.717) is 6.54 Å². The van der Waals surface area contributed by atoms with E-state index < -0.39 is 6.10 Å². The van der Waals surface area contributed by atoms with Crippen molar-refractivity contribution >= 4 is 0 Å². The highest BCUT2D eigenvalue weighted by molar-refractivity contribution is 5.25. The van der Waals surface area contributed by atoms with Gasteiger partial charge in [-0.05, 0) is 17.5 Å². The molecular weight excluding hydrogens is 186 g/mol. The summed E-state index contributed by atoms with van der Waals surface area (Å²) in [5, 5.41) is 9.63. The van der Waals surface area contributed by atoms with E-state index in [0.717, 1.165) is 12.0 Å². The van der Waals surface area contributed by atoms with Crippen molar-refractivity contribution in [2.45, 2.75) is 38.7 Å². The van der Waals surface area contributed by atoms with Crippen LogP contribution in [0.3, 0.4) is 0 Å². The summed E-state index contributed by atoms with van der Waals surface area (Å²) in [6.45, 7) is 4.50. The van der Waals surface area contributed by atoms with E-state index >= 15 is 0 Å². The fraction of sp³-hybridized carbons (Fsp3) is 0.538. The molecule has 0 bridgehead atoms. The summed E-state index contributed by atoms with van der Waals surface area (Å²) >= 11 is 0. The summed E-state index contributed by atoms with van der Waals surface area (Å²) in [5.41, 5.74) is 7.96. The fourth-order valence-electron chi connectivity index (χ4n) is 1.70. The molecule has 0 heterocycles. The van der Waals surface area contributed by atoms with Crippen molar-refractivity contribution in [1.29, 1.82) is 0 Å². The number of aliphatic hydroxyl groups excluding tert-OH is 1. The summed E-state index contributed by atoms with van der Waals surface area (Å²) in [4.78, 5) is 0. The molecule has 0 aliphatic heterocycles. The van der Waals surface area contributed by atoms with Gasteiger partial charge in [0, 0.05) is 12.5 Å². The second-order valence-electron chi connectivity index (χ2n) is 4.08. The van der Waals surface area contributed by atoms with Crippen LogP contribution < -0.4 is 5.73 Å². The molecule has 15 heavy (non-hydrogen) atoms. The van der Waals surface area contributed by atoms with E-state index in [1.165, 1.54) is 12.0 Å². The van der Waals surface area contributed by atoms with Gasteiger partial charge >= 0.3 is 0 Å². The highest BCUT2D eigenvalue weighted by Crippen LogP contribution is 2.19. The lowest BCUT2D eigenvalue weighted by Gasteiger charge is -2.17. The van der Waals surface area contributed by atoms with Crippen molar-refractivity contribution in [3.05, 3.63) is 35.4 Å². The third kappa shape index (κ3) is 3.33. The molecule has 2 unspecified atom stereocenters. The molecule has 0 saturated carbocycles. The maximum absolute atomic E-state index is 9.63. The topological polar surface area (TPSA) is 46.2 Å². The van der Waals surface area contributed by atoms with Gasteiger partial charge in [0.25, 0.3) is 0 Å². The second-order valence-corrected chi connectivity index (χ2v) is 4.08. The molecule has 0 spiro atoms. The van der Waals surface area contributed by atoms with Crippen LogP contribution in [0.1, 0.15) is 37.3 Å². The Morgan fingerprint density at radius 2 is 1.87 bits per heavy atom. The molecule has 0 aliphatic rings. The van der Waals surface area contributed by atoms with Crippen molar-refractivity contribution in [2.75, 3.05) is 6.54 Å². The number of benzene rings is 1. The van der Waals surface area contributed by atoms with Gasteiger partial charge in [0.15, 0.2) is 0 Å². The zero-order valence-corrected chi connectivity index (χ0v) is 9.61. The van der Waals surface area contributed by atoms with Crippen molar-refractivity contribution in [3.63, 3.8) is 0 Å². The van der Waals surface area contributed by atoms with Crippen molar-refractivity contribution in [2.24, 2.45) is 5.73 Å². The first-order valence-corrected chi connectivity index (χ1v) is 5.66. The quantitative estimate of drug-likeness (QED) is 0.776. The first kappa shape index (κ1) is 12.2. The molecule has 0 amide bonds. The van der Waals surface area contributed by atoms with Gasteiger partial charge in [-0.1, -0.05) is 44.5 Å². The van der Waals surface area contributed by atoms with Gasteiger partial charge in [0.05, 0.1) is 6.10 Å². The molecule has 2 nitrogen and oxygen atoms in total. The number of nitrogens with two attached hydrogens (primary N) is 1. The minimum absolute atomic E-state index is 0.116. The van der Waals surface area contributed by atoms with Crippen LogP contribution in [-0.4, -0.2) is 17.8 Å². The molecule has 0 aliphatic carbocycles. The Labute approximate surface area is 92.1 Å². The fourth-order valence-corrected chi connectivity index (χ4v) is 1.70. The van der Waals surface area contributed by atoms with Gasteiger partial charge in [-0.25, -0.2) is 0 Å². The summed E-state index contributed by atoms with van der Waals surface area (Å²) in [6.07, 6.45) is 1.84. The predicted octanol–water partition coefficient (Wildman–Crippen LogP) is 2.06. The highest BCUT2D eigenvalue weighted by atomic mass is 16.3. The summed E-state index contributed by atoms with van der Waals surface area (Å²) in [6, 6.07) is 8.46. The van der Waals surface area contributed by atoms with Crippen molar-refractivity contribution in [3.8, 4) is 0 Å². The molecule has 0 fully saturated rings. The Hall–Kier alpha value is -0.860. The van der Waals surface area contributed by atoms with Crippen LogP contribution in [0, 0.1) is 0 Å². The number of hydrogen-bond acceptors (Lipinski definition) is 2. The smallest absolute Gasteiger partial charge is 0.0728 e. The Bertz CT molecular complexity index is 281. The molecule has 0 radical (unpaired) electrons.